The van der Waals surface area contributed by atoms with Crippen LogP contribution in [0.1, 0.15) is 22.6 Å². The maximum Gasteiger partial charge on any atom is 0.150 e. The molecular formula is C17H19FN4O. The van der Waals surface area contributed by atoms with E-state index in [1.165, 1.54) is 6.07 Å². The molecule has 0 bridgehead atoms. The second kappa shape index (κ2) is 6.90. The maximum absolute atomic E-state index is 14.0. The molecule has 2 heterocycles. The molecule has 5 nitrogen and oxygen atoms in total. The highest BCUT2D eigenvalue weighted by molar-refractivity contribution is 5.32. The number of rotatable bonds is 4. The van der Waals surface area contributed by atoms with E-state index in [1.54, 1.807) is 12.1 Å². The number of halogens is 1. The summed E-state index contributed by atoms with van der Waals surface area (Å²) in [6.07, 6.45) is 0. The van der Waals surface area contributed by atoms with Crippen LogP contribution in [0.15, 0.2) is 28.8 Å². The molecule has 0 atom stereocenters. The van der Waals surface area contributed by atoms with Gasteiger partial charge in [-0.3, -0.25) is 9.80 Å². The molecule has 2 aromatic rings. The fraction of sp³-hybridized carbons (Fsp3) is 0.412. The van der Waals surface area contributed by atoms with Crippen molar-refractivity contribution in [3.8, 4) is 6.07 Å². The lowest BCUT2D eigenvalue weighted by molar-refractivity contribution is 0.113. The summed E-state index contributed by atoms with van der Waals surface area (Å²) >= 11 is 0. The van der Waals surface area contributed by atoms with Gasteiger partial charge in [0.1, 0.15) is 5.82 Å². The second-order valence-corrected chi connectivity index (χ2v) is 5.90. The zero-order chi connectivity index (χ0) is 16.2. The molecule has 3 rings (SSSR count). The molecule has 0 amide bonds. The molecule has 1 fully saturated rings. The van der Waals surface area contributed by atoms with Crippen LogP contribution in [0.2, 0.25) is 0 Å². The largest absolute Gasteiger partial charge is 0.360 e. The standard InChI is InChI=1S/C17H19FN4O/c1-13-8-16(23-20-13)12-22-6-4-21(5-7-22)11-15-3-2-14(10-19)9-17(15)18/h2-3,8-9H,4-7,11-12H2,1H3. The quantitative estimate of drug-likeness (QED) is 0.867. The van der Waals surface area contributed by atoms with Gasteiger partial charge < -0.3 is 4.52 Å². The van der Waals surface area contributed by atoms with Crippen molar-refractivity contribution in [3.05, 3.63) is 52.7 Å². The number of hydrogen-bond donors (Lipinski definition) is 0. The normalized spacial score (nSPS) is 16.4. The Morgan fingerprint density at radius 1 is 1.17 bits per heavy atom. The van der Waals surface area contributed by atoms with Gasteiger partial charge in [0.25, 0.3) is 0 Å². The van der Waals surface area contributed by atoms with Gasteiger partial charge in [0.2, 0.25) is 0 Å². The van der Waals surface area contributed by atoms with E-state index in [9.17, 15) is 4.39 Å². The van der Waals surface area contributed by atoms with Crippen LogP contribution in [0.4, 0.5) is 4.39 Å². The average Bonchev–Trinajstić information content (AvgIpc) is 2.96. The Morgan fingerprint density at radius 3 is 2.43 bits per heavy atom. The first-order chi connectivity index (χ1) is 11.1. The minimum atomic E-state index is -0.302. The highest BCUT2D eigenvalue weighted by Gasteiger charge is 2.19. The van der Waals surface area contributed by atoms with Crippen LogP contribution in [0.5, 0.6) is 0 Å². The maximum atomic E-state index is 14.0. The van der Waals surface area contributed by atoms with Gasteiger partial charge in [-0.05, 0) is 19.1 Å². The first-order valence-electron chi connectivity index (χ1n) is 7.69. The molecule has 0 unspecified atom stereocenters. The third-order valence-corrected chi connectivity index (χ3v) is 4.10. The van der Waals surface area contributed by atoms with Crippen molar-refractivity contribution in [2.75, 3.05) is 26.2 Å². The Hall–Kier alpha value is -2.23. The first kappa shape index (κ1) is 15.7. The van der Waals surface area contributed by atoms with Crippen molar-refractivity contribution in [2.24, 2.45) is 0 Å². The van der Waals surface area contributed by atoms with Gasteiger partial charge in [-0.25, -0.2) is 4.39 Å². The lowest BCUT2D eigenvalue weighted by Crippen LogP contribution is -2.45. The van der Waals surface area contributed by atoms with Gasteiger partial charge in [0.05, 0.1) is 23.9 Å². The highest BCUT2D eigenvalue weighted by Crippen LogP contribution is 2.15. The van der Waals surface area contributed by atoms with E-state index in [2.05, 4.69) is 15.0 Å². The van der Waals surface area contributed by atoms with Gasteiger partial charge in [-0.15, -0.1) is 0 Å². The molecule has 0 saturated carbocycles. The van der Waals surface area contributed by atoms with Crippen LogP contribution < -0.4 is 0 Å². The molecular weight excluding hydrogens is 295 g/mol. The second-order valence-electron chi connectivity index (χ2n) is 5.90. The fourth-order valence-electron chi connectivity index (χ4n) is 2.80. The monoisotopic (exact) mass is 314 g/mol. The van der Waals surface area contributed by atoms with Gasteiger partial charge in [0.15, 0.2) is 5.76 Å². The van der Waals surface area contributed by atoms with E-state index in [0.717, 1.165) is 44.2 Å². The Kier molecular flexibility index (Phi) is 4.70. The zero-order valence-corrected chi connectivity index (χ0v) is 13.1. The Balaban J connectivity index is 1.52. The molecule has 0 spiro atoms. The molecule has 0 radical (unpaired) electrons. The Bertz CT molecular complexity index is 714. The molecule has 23 heavy (non-hydrogen) atoms. The topological polar surface area (TPSA) is 56.3 Å². The van der Waals surface area contributed by atoms with E-state index in [4.69, 9.17) is 9.78 Å². The molecule has 0 N–H and O–H groups in total. The van der Waals surface area contributed by atoms with Crippen molar-refractivity contribution in [3.63, 3.8) is 0 Å². The van der Waals surface area contributed by atoms with Crippen LogP contribution in [0.25, 0.3) is 0 Å². The summed E-state index contributed by atoms with van der Waals surface area (Å²) in [4.78, 5) is 4.54. The molecule has 120 valence electrons. The van der Waals surface area contributed by atoms with Crippen LogP contribution >= 0.6 is 0 Å². The molecule has 1 aromatic carbocycles. The third-order valence-electron chi connectivity index (χ3n) is 4.10. The lowest BCUT2D eigenvalue weighted by atomic mass is 10.1. The summed E-state index contributed by atoms with van der Waals surface area (Å²) < 4.78 is 19.2. The summed E-state index contributed by atoms with van der Waals surface area (Å²) in [5, 5.41) is 12.7. The van der Waals surface area contributed by atoms with Crippen molar-refractivity contribution >= 4 is 0 Å². The van der Waals surface area contributed by atoms with Crippen molar-refractivity contribution in [2.45, 2.75) is 20.0 Å². The number of nitrogens with zero attached hydrogens (tertiary/aromatic N) is 4. The number of piperazine rings is 1. The molecule has 1 aliphatic heterocycles. The van der Waals surface area contributed by atoms with E-state index in [-0.39, 0.29) is 5.82 Å². The van der Waals surface area contributed by atoms with Gasteiger partial charge in [-0.1, -0.05) is 11.2 Å². The predicted molar refractivity (Wildman–Crippen MR) is 82.9 cm³/mol. The van der Waals surface area contributed by atoms with Crippen LogP contribution in [0.3, 0.4) is 0 Å². The van der Waals surface area contributed by atoms with E-state index in [0.29, 0.717) is 17.7 Å². The summed E-state index contributed by atoms with van der Waals surface area (Å²) in [7, 11) is 0. The van der Waals surface area contributed by atoms with Crippen LogP contribution in [0, 0.1) is 24.1 Å². The minimum Gasteiger partial charge on any atom is -0.360 e. The van der Waals surface area contributed by atoms with Crippen molar-refractivity contribution < 1.29 is 8.91 Å². The summed E-state index contributed by atoms with van der Waals surface area (Å²) in [6, 6.07) is 8.59. The van der Waals surface area contributed by atoms with E-state index >= 15 is 0 Å². The number of nitriles is 1. The number of hydrogen-bond acceptors (Lipinski definition) is 5. The van der Waals surface area contributed by atoms with Crippen LogP contribution in [-0.2, 0) is 13.1 Å². The number of aromatic nitrogens is 1. The molecule has 1 aromatic heterocycles. The number of benzene rings is 1. The van der Waals surface area contributed by atoms with Crippen molar-refractivity contribution in [1.29, 1.82) is 5.26 Å². The van der Waals surface area contributed by atoms with E-state index < -0.39 is 0 Å². The first-order valence-corrected chi connectivity index (χ1v) is 7.69. The third kappa shape index (κ3) is 3.95. The lowest BCUT2D eigenvalue weighted by Gasteiger charge is -2.34. The molecule has 1 saturated heterocycles. The summed E-state index contributed by atoms with van der Waals surface area (Å²) in [5.41, 5.74) is 1.90. The van der Waals surface area contributed by atoms with Gasteiger partial charge in [-0.2, -0.15) is 5.26 Å². The minimum absolute atomic E-state index is 0.302. The predicted octanol–water partition coefficient (Wildman–Crippen LogP) is 2.31. The number of aryl methyl sites for hydroxylation is 1. The van der Waals surface area contributed by atoms with E-state index in [1.807, 2.05) is 19.1 Å². The molecule has 6 heteroatoms. The zero-order valence-electron chi connectivity index (χ0n) is 13.1. The smallest absolute Gasteiger partial charge is 0.150 e. The van der Waals surface area contributed by atoms with Crippen molar-refractivity contribution in [1.82, 2.24) is 15.0 Å². The Morgan fingerprint density at radius 2 is 1.87 bits per heavy atom. The molecule has 1 aliphatic rings. The summed E-state index contributed by atoms with van der Waals surface area (Å²) in [5.74, 6) is 0.581. The average molecular weight is 314 g/mol. The van der Waals surface area contributed by atoms with Crippen LogP contribution in [-0.4, -0.2) is 41.1 Å². The Labute approximate surface area is 134 Å². The fourth-order valence-corrected chi connectivity index (χ4v) is 2.80. The van der Waals surface area contributed by atoms with Gasteiger partial charge >= 0.3 is 0 Å². The highest BCUT2D eigenvalue weighted by atomic mass is 19.1. The summed E-state index contributed by atoms with van der Waals surface area (Å²) in [6.45, 7) is 6.85. The van der Waals surface area contributed by atoms with Gasteiger partial charge in [0, 0.05) is 44.4 Å². The molecule has 0 aliphatic carbocycles. The SMILES string of the molecule is Cc1cc(CN2CCN(Cc3ccc(C#N)cc3F)CC2)on1.